The Bertz CT molecular complexity index is 549. The lowest BCUT2D eigenvalue weighted by Crippen LogP contribution is -2.62. The molecule has 22 heavy (non-hydrogen) atoms. The maximum Gasteiger partial charge on any atom is 0.223 e. The van der Waals surface area contributed by atoms with Gasteiger partial charge in [-0.15, -0.1) is 0 Å². The molecule has 0 atom stereocenters. The lowest BCUT2D eigenvalue weighted by molar-refractivity contribution is 0.0104. The third kappa shape index (κ3) is 2.70. The first kappa shape index (κ1) is 14.0. The third-order valence-corrected chi connectivity index (χ3v) is 4.95. The van der Waals surface area contributed by atoms with Crippen molar-refractivity contribution in [2.45, 2.75) is 25.3 Å². The molecular weight excluding hydrogens is 280 g/mol. The fourth-order valence-electron chi connectivity index (χ4n) is 3.38. The third-order valence-electron chi connectivity index (χ3n) is 4.95. The second-order valence-corrected chi connectivity index (χ2v) is 6.62. The molecule has 1 aromatic rings. The number of morpholine rings is 1. The van der Waals surface area contributed by atoms with Gasteiger partial charge in [-0.1, -0.05) is 0 Å². The molecule has 0 unspecified atom stereocenters. The molecule has 0 amide bonds. The van der Waals surface area contributed by atoms with Crippen molar-refractivity contribution in [2.24, 2.45) is 5.92 Å². The van der Waals surface area contributed by atoms with Gasteiger partial charge in [-0.05, 0) is 25.2 Å². The highest BCUT2D eigenvalue weighted by Crippen LogP contribution is 2.38. The predicted octanol–water partition coefficient (Wildman–Crippen LogP) is 0.114. The number of hydrogen-bond acceptors (Lipinski definition) is 7. The van der Waals surface area contributed by atoms with Crippen molar-refractivity contribution in [3.05, 3.63) is 5.56 Å². The fourth-order valence-corrected chi connectivity index (χ4v) is 3.38. The summed E-state index contributed by atoms with van der Waals surface area (Å²) in [6, 6.07) is 0.593. The Kier molecular flexibility index (Phi) is 3.54. The number of rotatable bonds is 4. The summed E-state index contributed by atoms with van der Waals surface area (Å²) in [7, 11) is 0. The summed E-state index contributed by atoms with van der Waals surface area (Å²) in [5.41, 5.74) is 13.0. The van der Waals surface area contributed by atoms with Crippen molar-refractivity contribution in [2.75, 3.05) is 55.8 Å². The van der Waals surface area contributed by atoms with Gasteiger partial charge in [-0.3, -0.25) is 4.90 Å². The van der Waals surface area contributed by atoms with Crippen LogP contribution < -0.4 is 16.4 Å². The number of hydrogen-bond donors (Lipinski definition) is 2. The van der Waals surface area contributed by atoms with Gasteiger partial charge in [0.15, 0.2) is 0 Å². The van der Waals surface area contributed by atoms with Crippen LogP contribution in [0.2, 0.25) is 0 Å². The second-order valence-electron chi connectivity index (χ2n) is 6.62. The highest BCUT2D eigenvalue weighted by Gasteiger charge is 2.36. The summed E-state index contributed by atoms with van der Waals surface area (Å²) in [5.74, 6) is 2.55. The van der Waals surface area contributed by atoms with Crippen LogP contribution >= 0.6 is 0 Å². The first-order chi connectivity index (χ1) is 10.7. The highest BCUT2D eigenvalue weighted by molar-refractivity contribution is 5.61. The summed E-state index contributed by atoms with van der Waals surface area (Å²) >= 11 is 0. The van der Waals surface area contributed by atoms with E-state index >= 15 is 0 Å². The molecule has 3 fully saturated rings. The summed E-state index contributed by atoms with van der Waals surface area (Å²) in [5, 5.41) is 0. The maximum atomic E-state index is 6.11. The molecular formula is C15H24N6O. The van der Waals surface area contributed by atoms with E-state index < -0.39 is 0 Å². The maximum absolute atomic E-state index is 6.11. The van der Waals surface area contributed by atoms with Crippen LogP contribution in [-0.4, -0.2) is 60.3 Å². The molecule has 7 heteroatoms. The molecule has 0 spiro atoms. The standard InChI is InChI=1S/C15H24N6O/c16-13-12(7-10-1-2-10)14(19-15(17)18-13)21-8-11(9-21)20-3-5-22-6-4-20/h10-11H,1-9H2,(H4,16,17,18,19). The van der Waals surface area contributed by atoms with Gasteiger partial charge in [0, 0.05) is 37.8 Å². The number of nitrogen functional groups attached to an aromatic ring is 2. The minimum atomic E-state index is 0.280. The summed E-state index contributed by atoms with van der Waals surface area (Å²) in [4.78, 5) is 13.4. The normalized spacial score (nSPS) is 23.5. The van der Waals surface area contributed by atoms with Crippen molar-refractivity contribution < 1.29 is 4.74 Å². The van der Waals surface area contributed by atoms with Crippen LogP contribution in [-0.2, 0) is 11.2 Å². The van der Waals surface area contributed by atoms with Gasteiger partial charge in [0.05, 0.1) is 13.2 Å². The molecule has 0 aromatic carbocycles. The van der Waals surface area contributed by atoms with Crippen LogP contribution in [0.4, 0.5) is 17.6 Å². The Labute approximate surface area is 130 Å². The summed E-state index contributed by atoms with van der Waals surface area (Å²) in [6.07, 6.45) is 3.57. The number of nitrogens with zero attached hydrogens (tertiary/aromatic N) is 4. The summed E-state index contributed by atoms with van der Waals surface area (Å²) in [6.45, 7) is 5.73. The van der Waals surface area contributed by atoms with Crippen LogP contribution in [0.1, 0.15) is 18.4 Å². The van der Waals surface area contributed by atoms with Gasteiger partial charge >= 0.3 is 0 Å². The van der Waals surface area contributed by atoms with E-state index in [4.69, 9.17) is 16.2 Å². The molecule has 0 radical (unpaired) electrons. The number of aromatic nitrogens is 2. The van der Waals surface area contributed by atoms with Crippen LogP contribution in [0.3, 0.4) is 0 Å². The predicted molar refractivity (Wildman–Crippen MR) is 85.7 cm³/mol. The molecule has 4 rings (SSSR count). The average Bonchev–Trinajstić information content (AvgIpc) is 3.26. The van der Waals surface area contributed by atoms with Gasteiger partial charge in [-0.2, -0.15) is 9.97 Å². The van der Waals surface area contributed by atoms with Crippen LogP contribution in [0, 0.1) is 5.92 Å². The Balaban J connectivity index is 1.48. The summed E-state index contributed by atoms with van der Waals surface area (Å²) < 4.78 is 5.42. The molecule has 120 valence electrons. The van der Waals surface area contributed by atoms with E-state index in [1.165, 1.54) is 12.8 Å². The van der Waals surface area contributed by atoms with E-state index in [0.29, 0.717) is 11.9 Å². The first-order valence-corrected chi connectivity index (χ1v) is 8.19. The molecule has 4 N–H and O–H groups in total. The zero-order chi connectivity index (χ0) is 15.1. The van der Waals surface area contributed by atoms with Crippen LogP contribution in [0.15, 0.2) is 0 Å². The van der Waals surface area contributed by atoms with E-state index in [1.54, 1.807) is 0 Å². The molecule has 3 aliphatic rings. The molecule has 2 aliphatic heterocycles. The minimum absolute atomic E-state index is 0.280. The minimum Gasteiger partial charge on any atom is -0.383 e. The topological polar surface area (TPSA) is 93.5 Å². The molecule has 2 saturated heterocycles. The van der Waals surface area contributed by atoms with Crippen LogP contribution in [0.5, 0.6) is 0 Å². The van der Waals surface area contributed by atoms with Crippen LogP contribution in [0.25, 0.3) is 0 Å². The van der Waals surface area contributed by atoms with Crippen molar-refractivity contribution >= 4 is 17.6 Å². The van der Waals surface area contributed by atoms with Gasteiger partial charge in [0.2, 0.25) is 5.95 Å². The van der Waals surface area contributed by atoms with E-state index in [0.717, 1.165) is 63.1 Å². The van der Waals surface area contributed by atoms with Gasteiger partial charge in [0.25, 0.3) is 0 Å². The van der Waals surface area contributed by atoms with Gasteiger partial charge < -0.3 is 21.1 Å². The Morgan fingerprint density at radius 1 is 1.09 bits per heavy atom. The van der Waals surface area contributed by atoms with E-state index in [-0.39, 0.29) is 5.95 Å². The number of ether oxygens (including phenoxy) is 1. The molecule has 1 aliphatic carbocycles. The molecule has 7 nitrogen and oxygen atoms in total. The van der Waals surface area contributed by atoms with Crippen molar-refractivity contribution in [1.82, 2.24) is 14.9 Å². The lowest BCUT2D eigenvalue weighted by Gasteiger charge is -2.47. The van der Waals surface area contributed by atoms with Crippen molar-refractivity contribution in [3.8, 4) is 0 Å². The van der Waals surface area contributed by atoms with Gasteiger partial charge in [-0.25, -0.2) is 0 Å². The number of nitrogens with two attached hydrogens (primary N) is 2. The molecule has 1 aromatic heterocycles. The lowest BCUT2D eigenvalue weighted by atomic mass is 10.0. The highest BCUT2D eigenvalue weighted by atomic mass is 16.5. The first-order valence-electron chi connectivity index (χ1n) is 8.19. The molecule has 1 saturated carbocycles. The quantitative estimate of drug-likeness (QED) is 0.815. The van der Waals surface area contributed by atoms with Crippen molar-refractivity contribution in [1.29, 1.82) is 0 Å². The van der Waals surface area contributed by atoms with E-state index in [9.17, 15) is 0 Å². The number of anilines is 3. The fraction of sp³-hybridized carbons (Fsp3) is 0.733. The van der Waals surface area contributed by atoms with Gasteiger partial charge in [0.1, 0.15) is 11.6 Å². The molecule has 0 bridgehead atoms. The Morgan fingerprint density at radius 3 is 2.50 bits per heavy atom. The monoisotopic (exact) mass is 304 g/mol. The largest absolute Gasteiger partial charge is 0.383 e. The Morgan fingerprint density at radius 2 is 1.82 bits per heavy atom. The zero-order valence-electron chi connectivity index (χ0n) is 12.9. The SMILES string of the molecule is Nc1nc(N)c(CC2CC2)c(N2CC(N3CCOCC3)C2)n1. The molecule has 3 heterocycles. The zero-order valence-corrected chi connectivity index (χ0v) is 12.9. The van der Waals surface area contributed by atoms with Crippen molar-refractivity contribution in [3.63, 3.8) is 0 Å². The Hall–Kier alpha value is -1.60. The smallest absolute Gasteiger partial charge is 0.223 e. The van der Waals surface area contributed by atoms with E-state index in [2.05, 4.69) is 19.8 Å². The average molecular weight is 304 g/mol. The van der Waals surface area contributed by atoms with E-state index in [1.807, 2.05) is 0 Å². The second kappa shape index (κ2) is 5.55.